The Kier molecular flexibility index (Phi) is 12.1. The quantitative estimate of drug-likeness (QED) is 0.373. The first-order valence-electron chi connectivity index (χ1n) is 19.2. The lowest BCUT2D eigenvalue weighted by molar-refractivity contribution is -0.141. The third kappa shape index (κ3) is 9.99. The number of rotatable bonds is 6. The highest BCUT2D eigenvalue weighted by molar-refractivity contribution is 7.89. The first-order chi connectivity index (χ1) is 26.8. The Morgan fingerprint density at radius 3 is 2.37 bits per heavy atom. The maximum absolute atomic E-state index is 14.5. The number of alkyl carbamates (subject to hydrolysis) is 1. The molecule has 14 nitrogen and oxygen atoms in total. The molecule has 0 unspecified atom stereocenters. The maximum Gasteiger partial charge on any atom is 0.410 e. The van der Waals surface area contributed by atoms with Gasteiger partial charge in [0.2, 0.25) is 21.8 Å². The van der Waals surface area contributed by atoms with Gasteiger partial charge in [-0.3, -0.25) is 24.0 Å². The minimum Gasteiger partial charge on any atom is -0.444 e. The van der Waals surface area contributed by atoms with Crippen molar-refractivity contribution in [1.82, 2.24) is 25.2 Å². The van der Waals surface area contributed by atoms with E-state index in [9.17, 15) is 45.6 Å². The van der Waals surface area contributed by atoms with E-state index in [1.54, 1.807) is 26.8 Å². The average molecular weight is 820 g/mol. The van der Waals surface area contributed by atoms with Gasteiger partial charge in [0.1, 0.15) is 35.1 Å². The van der Waals surface area contributed by atoms with E-state index in [0.29, 0.717) is 42.9 Å². The SMILES string of the molecule is CC(C)(C)OC(=O)N[C@H]1CCCCCCC[C@H]2C[C@@]2(C(=O)NS(=O)(=O)Cc2ccc(F)c(F)c2)NC(=O)[C@@H]2C[C@@H](OC(=O)N3Cc4cccc(F)c4C3)CN2C1=O. The van der Waals surface area contributed by atoms with Crippen molar-refractivity contribution in [2.75, 3.05) is 6.54 Å². The van der Waals surface area contributed by atoms with E-state index in [0.717, 1.165) is 25.0 Å². The number of ether oxygens (including phenoxy) is 2. The molecule has 6 rings (SSSR count). The minimum atomic E-state index is -4.46. The third-order valence-electron chi connectivity index (χ3n) is 10.8. The van der Waals surface area contributed by atoms with E-state index in [4.69, 9.17) is 9.47 Å². The molecular formula is C39H48F3N5O9S. The molecule has 0 aromatic heterocycles. The van der Waals surface area contributed by atoms with Crippen LogP contribution in [0.2, 0.25) is 0 Å². The predicted molar refractivity (Wildman–Crippen MR) is 198 cm³/mol. The highest BCUT2D eigenvalue weighted by Gasteiger charge is 2.62. The number of benzene rings is 2. The summed E-state index contributed by atoms with van der Waals surface area (Å²) in [6, 6.07) is 4.65. The van der Waals surface area contributed by atoms with Gasteiger partial charge >= 0.3 is 12.2 Å². The second-order valence-corrected chi connectivity index (χ2v) is 18.0. The molecule has 57 heavy (non-hydrogen) atoms. The van der Waals surface area contributed by atoms with Crippen LogP contribution in [0, 0.1) is 23.4 Å². The largest absolute Gasteiger partial charge is 0.444 e. The number of halogens is 3. The number of sulfonamides is 1. The summed E-state index contributed by atoms with van der Waals surface area (Å²) in [4.78, 5) is 71.4. The van der Waals surface area contributed by atoms with E-state index in [1.165, 1.54) is 21.9 Å². The van der Waals surface area contributed by atoms with Gasteiger partial charge in [-0.25, -0.2) is 31.2 Å². The van der Waals surface area contributed by atoms with Crippen LogP contribution in [-0.4, -0.2) is 84.0 Å². The Morgan fingerprint density at radius 2 is 1.67 bits per heavy atom. The lowest BCUT2D eigenvalue weighted by Gasteiger charge is -2.30. The van der Waals surface area contributed by atoms with Crippen LogP contribution < -0.4 is 15.4 Å². The van der Waals surface area contributed by atoms with Gasteiger partial charge in [-0.05, 0) is 75.3 Å². The second kappa shape index (κ2) is 16.5. The molecule has 2 aromatic rings. The first-order valence-corrected chi connectivity index (χ1v) is 20.8. The molecule has 3 fully saturated rings. The molecule has 18 heteroatoms. The number of carbonyl (C=O) groups is 5. The summed E-state index contributed by atoms with van der Waals surface area (Å²) < 4.78 is 81.3. The molecule has 0 spiro atoms. The zero-order valence-corrected chi connectivity index (χ0v) is 32.9. The average Bonchev–Trinajstić information content (AvgIpc) is 3.40. The standard InChI is InChI=1S/C39H48F3N5O9S/c1-38(2,3)56-36(51)43-31-13-8-6-4-5-7-11-25-18-39(25,35(50)45-57(53,54)22-23-14-15-29(41)30(42)16-23)44-33(48)32-17-26(20-47(32)34(31)49)55-37(52)46-19-24-10-9-12-28(40)27(24)21-46/h9-10,12,14-16,25-26,31-32H,4-8,11,13,17-22H2,1-3H3,(H,43,51)(H,44,48)(H,45,50)/t25-,26+,31-,32-,39+/m0/s1. The predicted octanol–water partition coefficient (Wildman–Crippen LogP) is 4.68. The normalized spacial score (nSPS) is 25.5. The lowest BCUT2D eigenvalue weighted by Crippen LogP contribution is -2.58. The number of hydrogen-bond acceptors (Lipinski definition) is 9. The highest BCUT2D eigenvalue weighted by Crippen LogP contribution is 2.48. The van der Waals surface area contributed by atoms with Crippen LogP contribution in [-0.2, 0) is 52.7 Å². The van der Waals surface area contributed by atoms with Crippen LogP contribution >= 0.6 is 0 Å². The summed E-state index contributed by atoms with van der Waals surface area (Å²) >= 11 is 0. The molecule has 0 radical (unpaired) electrons. The Balaban J connectivity index is 1.24. The number of fused-ring (bicyclic) bond motifs is 3. The summed E-state index contributed by atoms with van der Waals surface area (Å²) in [5.41, 5.74) is -1.69. The first kappa shape index (κ1) is 41.8. The molecule has 310 valence electrons. The van der Waals surface area contributed by atoms with Gasteiger partial charge in [0.15, 0.2) is 11.6 Å². The Labute approximate surface area is 329 Å². The zero-order valence-electron chi connectivity index (χ0n) is 32.1. The van der Waals surface area contributed by atoms with Gasteiger partial charge < -0.3 is 25.0 Å². The van der Waals surface area contributed by atoms with Crippen molar-refractivity contribution in [2.45, 2.75) is 127 Å². The van der Waals surface area contributed by atoms with Crippen molar-refractivity contribution >= 4 is 39.9 Å². The van der Waals surface area contributed by atoms with E-state index < -0.39 is 98.4 Å². The van der Waals surface area contributed by atoms with Crippen molar-refractivity contribution < 1.29 is 55.0 Å². The van der Waals surface area contributed by atoms with Gasteiger partial charge in [0, 0.05) is 18.5 Å². The molecule has 2 saturated heterocycles. The maximum atomic E-state index is 14.5. The monoisotopic (exact) mass is 819 g/mol. The van der Waals surface area contributed by atoms with Crippen LogP contribution in [0.15, 0.2) is 36.4 Å². The molecule has 4 aliphatic rings. The fraction of sp³-hybridized carbons (Fsp3) is 0.564. The fourth-order valence-corrected chi connectivity index (χ4v) is 9.02. The van der Waals surface area contributed by atoms with Crippen LogP contribution in [0.1, 0.15) is 95.2 Å². The highest BCUT2D eigenvalue weighted by atomic mass is 32.2. The van der Waals surface area contributed by atoms with Gasteiger partial charge in [-0.1, -0.05) is 50.3 Å². The van der Waals surface area contributed by atoms with Crippen LogP contribution in [0.3, 0.4) is 0 Å². The fourth-order valence-electron chi connectivity index (χ4n) is 7.87. The van der Waals surface area contributed by atoms with E-state index >= 15 is 0 Å². The molecule has 1 aliphatic carbocycles. The van der Waals surface area contributed by atoms with E-state index in [-0.39, 0.29) is 44.5 Å². The van der Waals surface area contributed by atoms with Crippen molar-refractivity contribution in [3.8, 4) is 0 Å². The second-order valence-electron chi connectivity index (χ2n) is 16.3. The molecule has 2 aromatic carbocycles. The van der Waals surface area contributed by atoms with Gasteiger partial charge in [0.05, 0.1) is 18.8 Å². The van der Waals surface area contributed by atoms with E-state index in [1.807, 2.05) is 4.72 Å². The molecule has 3 heterocycles. The molecule has 5 amide bonds. The molecule has 3 N–H and O–H groups in total. The van der Waals surface area contributed by atoms with Gasteiger partial charge in [-0.15, -0.1) is 0 Å². The number of amides is 5. The minimum absolute atomic E-state index is 0.0416. The smallest absolute Gasteiger partial charge is 0.410 e. The Morgan fingerprint density at radius 1 is 0.947 bits per heavy atom. The van der Waals surface area contributed by atoms with Crippen LogP contribution in [0.25, 0.3) is 0 Å². The molecule has 1 saturated carbocycles. The van der Waals surface area contributed by atoms with Crippen molar-refractivity contribution in [3.63, 3.8) is 0 Å². The number of hydrogen-bond donors (Lipinski definition) is 3. The molecule has 5 atom stereocenters. The summed E-state index contributed by atoms with van der Waals surface area (Å²) in [5, 5.41) is 5.39. The van der Waals surface area contributed by atoms with Crippen LogP contribution in [0.5, 0.6) is 0 Å². The van der Waals surface area contributed by atoms with Crippen molar-refractivity contribution in [2.24, 2.45) is 5.92 Å². The Hall–Kier alpha value is -4.87. The van der Waals surface area contributed by atoms with Gasteiger partial charge in [-0.2, -0.15) is 0 Å². The van der Waals surface area contributed by atoms with Gasteiger partial charge in [0.25, 0.3) is 5.91 Å². The topological polar surface area (TPSA) is 181 Å². The Bertz CT molecular complexity index is 2030. The molecule has 3 aliphatic heterocycles. The summed E-state index contributed by atoms with van der Waals surface area (Å²) in [7, 11) is -4.46. The summed E-state index contributed by atoms with van der Waals surface area (Å²) in [6.45, 7) is 4.80. The zero-order chi connectivity index (χ0) is 41.3. The molecule has 0 bridgehead atoms. The number of nitrogens with zero attached hydrogens (tertiary/aromatic N) is 2. The van der Waals surface area contributed by atoms with Crippen molar-refractivity contribution in [3.05, 3.63) is 70.5 Å². The summed E-state index contributed by atoms with van der Waals surface area (Å²) in [6.07, 6.45) is 1.37. The molecular weight excluding hydrogens is 772 g/mol. The van der Waals surface area contributed by atoms with E-state index in [2.05, 4.69) is 10.6 Å². The third-order valence-corrected chi connectivity index (χ3v) is 12.0. The van der Waals surface area contributed by atoms with Crippen molar-refractivity contribution in [1.29, 1.82) is 0 Å². The number of carbonyl (C=O) groups excluding carboxylic acids is 5. The van der Waals surface area contributed by atoms with Crippen LogP contribution in [0.4, 0.5) is 22.8 Å². The number of nitrogens with one attached hydrogen (secondary N) is 3. The lowest BCUT2D eigenvalue weighted by atomic mass is 10.0. The summed E-state index contributed by atoms with van der Waals surface area (Å²) in [5.74, 6) is -6.66.